The predicted octanol–water partition coefficient (Wildman–Crippen LogP) is 2.87. The molecule has 0 bridgehead atoms. The fourth-order valence-corrected chi connectivity index (χ4v) is 1.23. The maximum absolute atomic E-state index is 5.45. The molecule has 0 heterocycles. The minimum atomic E-state index is 0.0534. The van der Waals surface area contributed by atoms with Crippen molar-refractivity contribution in [3.63, 3.8) is 0 Å². The minimum Gasteiger partial charge on any atom is -0.480 e. The molecule has 0 saturated heterocycles. The van der Waals surface area contributed by atoms with Crippen molar-refractivity contribution < 1.29 is 4.74 Å². The number of anilines is 1. The van der Waals surface area contributed by atoms with Crippen LogP contribution in [0.5, 0.6) is 5.75 Å². The molecule has 1 aromatic rings. The Kier molecular flexibility index (Phi) is 3.60. The van der Waals surface area contributed by atoms with Crippen LogP contribution < -0.4 is 9.64 Å². The number of hydrogen-bond acceptors (Lipinski definition) is 2. The standard InChI is InChI=1S/C10H14BrNO/c1-8(11)13-10-6-4-9(5-7-10)12(2)3/h4-8H,1-3H3. The van der Waals surface area contributed by atoms with Gasteiger partial charge in [-0.2, -0.15) is 0 Å². The fourth-order valence-electron chi connectivity index (χ4n) is 1.01. The topological polar surface area (TPSA) is 12.5 Å². The normalized spacial score (nSPS) is 12.3. The average Bonchev–Trinajstić information content (AvgIpc) is 2.04. The lowest BCUT2D eigenvalue weighted by Crippen LogP contribution is -2.08. The predicted molar refractivity (Wildman–Crippen MR) is 59.8 cm³/mol. The zero-order valence-electron chi connectivity index (χ0n) is 8.12. The molecule has 0 N–H and O–H groups in total. The summed E-state index contributed by atoms with van der Waals surface area (Å²) in [5.74, 6) is 0.884. The summed E-state index contributed by atoms with van der Waals surface area (Å²) in [7, 11) is 4.03. The third kappa shape index (κ3) is 3.27. The van der Waals surface area contributed by atoms with Gasteiger partial charge >= 0.3 is 0 Å². The van der Waals surface area contributed by atoms with Crippen LogP contribution in [0, 0.1) is 0 Å². The molecule has 0 amide bonds. The second-order valence-corrected chi connectivity index (χ2v) is 4.34. The lowest BCUT2D eigenvalue weighted by Gasteiger charge is -2.13. The molecule has 0 fully saturated rings. The molecule has 2 nitrogen and oxygen atoms in total. The van der Waals surface area contributed by atoms with Gasteiger partial charge in [0.1, 0.15) is 5.75 Å². The molecule has 13 heavy (non-hydrogen) atoms. The number of rotatable bonds is 3. The van der Waals surface area contributed by atoms with Crippen LogP contribution in [0.2, 0.25) is 0 Å². The van der Waals surface area contributed by atoms with Gasteiger partial charge in [-0.3, -0.25) is 0 Å². The van der Waals surface area contributed by atoms with Crippen molar-refractivity contribution in [2.75, 3.05) is 19.0 Å². The van der Waals surface area contributed by atoms with Crippen molar-refractivity contribution in [1.29, 1.82) is 0 Å². The second-order valence-electron chi connectivity index (χ2n) is 3.05. The van der Waals surface area contributed by atoms with Crippen molar-refractivity contribution in [3.05, 3.63) is 24.3 Å². The Morgan fingerprint density at radius 3 is 2.15 bits per heavy atom. The highest BCUT2D eigenvalue weighted by Crippen LogP contribution is 2.19. The molecule has 1 atom stereocenters. The molecular weight excluding hydrogens is 230 g/mol. The van der Waals surface area contributed by atoms with E-state index in [1.165, 1.54) is 5.69 Å². The molecule has 1 rings (SSSR count). The Morgan fingerprint density at radius 2 is 1.77 bits per heavy atom. The van der Waals surface area contributed by atoms with E-state index in [0.717, 1.165) is 5.75 Å². The molecular formula is C10H14BrNO. The molecule has 0 spiro atoms. The fraction of sp³-hybridized carbons (Fsp3) is 0.400. The van der Waals surface area contributed by atoms with Crippen LogP contribution in [0.1, 0.15) is 6.92 Å². The summed E-state index contributed by atoms with van der Waals surface area (Å²) in [6, 6.07) is 8.00. The van der Waals surface area contributed by atoms with Gasteiger partial charge in [-0.15, -0.1) is 0 Å². The van der Waals surface area contributed by atoms with Crippen molar-refractivity contribution >= 4 is 21.6 Å². The quantitative estimate of drug-likeness (QED) is 0.758. The van der Waals surface area contributed by atoms with E-state index >= 15 is 0 Å². The highest BCUT2D eigenvalue weighted by Gasteiger charge is 1.99. The molecule has 3 heteroatoms. The van der Waals surface area contributed by atoms with Crippen LogP contribution in [-0.4, -0.2) is 19.1 Å². The lowest BCUT2D eigenvalue weighted by molar-refractivity contribution is 0.314. The third-order valence-corrected chi connectivity index (χ3v) is 1.84. The lowest BCUT2D eigenvalue weighted by atomic mass is 10.3. The van der Waals surface area contributed by atoms with Crippen molar-refractivity contribution in [3.8, 4) is 5.75 Å². The van der Waals surface area contributed by atoms with E-state index < -0.39 is 0 Å². The van der Waals surface area contributed by atoms with Crippen molar-refractivity contribution in [1.82, 2.24) is 0 Å². The molecule has 72 valence electrons. The molecule has 0 aliphatic rings. The Balaban J connectivity index is 2.70. The van der Waals surface area contributed by atoms with Gasteiger partial charge < -0.3 is 9.64 Å². The molecule has 1 aromatic carbocycles. The second kappa shape index (κ2) is 4.51. The number of benzene rings is 1. The molecule has 0 saturated carbocycles. The summed E-state index contributed by atoms with van der Waals surface area (Å²) in [5, 5.41) is 0.0534. The van der Waals surface area contributed by atoms with E-state index in [4.69, 9.17) is 4.74 Å². The third-order valence-electron chi connectivity index (χ3n) is 1.65. The summed E-state index contributed by atoms with van der Waals surface area (Å²) in [6.07, 6.45) is 0. The highest BCUT2D eigenvalue weighted by atomic mass is 79.9. The molecule has 0 aliphatic carbocycles. The van der Waals surface area contributed by atoms with Crippen LogP contribution in [0.25, 0.3) is 0 Å². The Hall–Kier alpha value is -0.700. The van der Waals surface area contributed by atoms with Gasteiger partial charge in [0, 0.05) is 19.8 Å². The zero-order chi connectivity index (χ0) is 9.84. The van der Waals surface area contributed by atoms with Crippen LogP contribution in [0.15, 0.2) is 24.3 Å². The molecule has 0 radical (unpaired) electrons. The molecule has 1 unspecified atom stereocenters. The van der Waals surface area contributed by atoms with Gasteiger partial charge in [0.15, 0.2) is 5.01 Å². The summed E-state index contributed by atoms with van der Waals surface area (Å²) in [5.41, 5.74) is 1.18. The Labute approximate surface area is 87.6 Å². The van der Waals surface area contributed by atoms with Crippen LogP contribution in [0.4, 0.5) is 5.69 Å². The smallest absolute Gasteiger partial charge is 0.150 e. The van der Waals surface area contributed by atoms with E-state index in [9.17, 15) is 0 Å². The molecule has 0 aromatic heterocycles. The van der Waals surface area contributed by atoms with E-state index in [-0.39, 0.29) is 5.01 Å². The largest absolute Gasteiger partial charge is 0.480 e. The Bertz CT molecular complexity index is 256. The first-order valence-corrected chi connectivity index (χ1v) is 5.09. The van der Waals surface area contributed by atoms with Crippen LogP contribution >= 0.6 is 15.9 Å². The number of hydrogen-bond donors (Lipinski definition) is 0. The number of nitrogens with zero attached hydrogens (tertiary/aromatic N) is 1. The van der Waals surface area contributed by atoms with Gasteiger partial charge in [0.05, 0.1) is 0 Å². The van der Waals surface area contributed by atoms with E-state index in [1.54, 1.807) is 0 Å². The van der Waals surface area contributed by atoms with Gasteiger partial charge in [0.25, 0.3) is 0 Å². The van der Waals surface area contributed by atoms with E-state index in [2.05, 4.69) is 20.8 Å². The van der Waals surface area contributed by atoms with Crippen molar-refractivity contribution in [2.45, 2.75) is 11.9 Å². The summed E-state index contributed by atoms with van der Waals surface area (Å²) < 4.78 is 5.45. The summed E-state index contributed by atoms with van der Waals surface area (Å²) in [6.45, 7) is 1.94. The van der Waals surface area contributed by atoms with E-state index in [0.29, 0.717) is 0 Å². The van der Waals surface area contributed by atoms with Crippen LogP contribution in [-0.2, 0) is 0 Å². The minimum absolute atomic E-state index is 0.0534. The Morgan fingerprint density at radius 1 is 1.23 bits per heavy atom. The number of halogens is 1. The first-order valence-electron chi connectivity index (χ1n) is 4.17. The maximum atomic E-state index is 5.45. The monoisotopic (exact) mass is 243 g/mol. The van der Waals surface area contributed by atoms with Crippen molar-refractivity contribution in [2.24, 2.45) is 0 Å². The average molecular weight is 244 g/mol. The number of alkyl halides is 1. The highest BCUT2D eigenvalue weighted by molar-refractivity contribution is 9.09. The molecule has 0 aliphatic heterocycles. The number of ether oxygens (including phenoxy) is 1. The first-order chi connectivity index (χ1) is 6.09. The summed E-state index contributed by atoms with van der Waals surface area (Å²) in [4.78, 5) is 2.06. The maximum Gasteiger partial charge on any atom is 0.150 e. The zero-order valence-corrected chi connectivity index (χ0v) is 9.71. The summed E-state index contributed by atoms with van der Waals surface area (Å²) >= 11 is 3.33. The van der Waals surface area contributed by atoms with Gasteiger partial charge in [-0.1, -0.05) is 0 Å². The van der Waals surface area contributed by atoms with Gasteiger partial charge in [0.2, 0.25) is 0 Å². The SMILES string of the molecule is CC(Br)Oc1ccc(N(C)C)cc1. The van der Waals surface area contributed by atoms with Gasteiger partial charge in [-0.25, -0.2) is 0 Å². The van der Waals surface area contributed by atoms with Gasteiger partial charge in [-0.05, 0) is 47.1 Å². The van der Waals surface area contributed by atoms with Crippen LogP contribution in [0.3, 0.4) is 0 Å². The van der Waals surface area contributed by atoms with E-state index in [1.807, 2.05) is 45.3 Å². The first kappa shape index (κ1) is 10.4.